The van der Waals surface area contributed by atoms with Gasteiger partial charge in [-0.3, -0.25) is 9.59 Å². The van der Waals surface area contributed by atoms with Crippen molar-refractivity contribution in [1.29, 1.82) is 5.26 Å². The number of nitriles is 1. The third-order valence-corrected chi connectivity index (χ3v) is 5.51. The highest BCUT2D eigenvalue weighted by atomic mass is 16.6. The Balaban J connectivity index is 1.97. The standard InChI is InChI=1S/C21H27N5O5/c1-4-13(27)8-14-16(9-30-18(28)7-12(2)3)31-21(10-22,19(14)29)17-6-5-15-20(23)24-11-25-26(15)17/h5-6,11-12,14,16,19,29H,4,7-9H2,1-3H3,(H2,23,24,25)/t14-,16-,19-,21+/m1/s1. The van der Waals surface area contributed by atoms with Crippen molar-refractivity contribution < 1.29 is 24.2 Å². The van der Waals surface area contributed by atoms with Gasteiger partial charge in [0.15, 0.2) is 5.82 Å². The fourth-order valence-corrected chi connectivity index (χ4v) is 3.87. The molecule has 31 heavy (non-hydrogen) atoms. The van der Waals surface area contributed by atoms with Gasteiger partial charge in [0.05, 0.1) is 5.69 Å². The normalized spacial score (nSPS) is 25.6. The number of rotatable bonds is 8. The number of nitrogens with two attached hydrogens (primary N) is 1. The zero-order valence-corrected chi connectivity index (χ0v) is 17.8. The number of hydrogen-bond acceptors (Lipinski definition) is 9. The van der Waals surface area contributed by atoms with Crippen molar-refractivity contribution in [3.63, 3.8) is 0 Å². The molecule has 3 rings (SSSR count). The van der Waals surface area contributed by atoms with Gasteiger partial charge < -0.3 is 20.3 Å². The Labute approximate surface area is 180 Å². The molecule has 0 amide bonds. The number of fused-ring (bicyclic) bond motifs is 1. The third kappa shape index (κ3) is 4.24. The Morgan fingerprint density at radius 2 is 2.19 bits per heavy atom. The fraction of sp³-hybridized carbons (Fsp3) is 0.571. The van der Waals surface area contributed by atoms with E-state index in [0.717, 1.165) is 0 Å². The number of nitrogen functional groups attached to an aromatic ring is 1. The van der Waals surface area contributed by atoms with Gasteiger partial charge in [0.1, 0.15) is 42.5 Å². The number of nitrogens with zero attached hydrogens (tertiary/aromatic N) is 4. The van der Waals surface area contributed by atoms with Gasteiger partial charge in [0, 0.05) is 25.2 Å². The van der Waals surface area contributed by atoms with E-state index in [1.165, 1.54) is 10.8 Å². The summed E-state index contributed by atoms with van der Waals surface area (Å²) in [5.74, 6) is -0.902. The lowest BCUT2D eigenvalue weighted by molar-refractivity contribution is -0.150. The summed E-state index contributed by atoms with van der Waals surface area (Å²) in [6, 6.07) is 5.28. The minimum Gasteiger partial charge on any atom is -0.463 e. The number of Topliss-reactive ketones (excluding diaryl/α,β-unsaturated/α-hetero) is 1. The van der Waals surface area contributed by atoms with Gasteiger partial charge in [-0.15, -0.1) is 0 Å². The molecule has 1 aliphatic heterocycles. The molecule has 0 saturated carbocycles. The average Bonchev–Trinajstić information content (AvgIpc) is 3.27. The van der Waals surface area contributed by atoms with E-state index in [4.69, 9.17) is 15.2 Å². The SMILES string of the molecule is CCC(=O)C[C@H]1[C@@H](O)[C@](C#N)(c2ccc3c(N)ncnn23)O[C@@H]1COC(=O)CC(C)C. The van der Waals surface area contributed by atoms with Crippen LogP contribution >= 0.6 is 0 Å². The molecule has 0 aromatic carbocycles. The maximum absolute atomic E-state index is 12.2. The zero-order valence-electron chi connectivity index (χ0n) is 17.8. The van der Waals surface area contributed by atoms with Gasteiger partial charge >= 0.3 is 5.97 Å². The van der Waals surface area contributed by atoms with Crippen LogP contribution in [0.1, 0.15) is 45.7 Å². The molecule has 10 heteroatoms. The van der Waals surface area contributed by atoms with Crippen molar-refractivity contribution >= 4 is 23.1 Å². The first-order valence-electron chi connectivity index (χ1n) is 10.3. The van der Waals surface area contributed by atoms with Crippen molar-refractivity contribution in [3.05, 3.63) is 24.2 Å². The molecule has 10 nitrogen and oxygen atoms in total. The lowest BCUT2D eigenvalue weighted by Crippen LogP contribution is -2.39. The van der Waals surface area contributed by atoms with E-state index in [1.807, 2.05) is 13.8 Å². The molecule has 3 heterocycles. The summed E-state index contributed by atoms with van der Waals surface area (Å²) in [6.07, 6.45) is -0.450. The predicted octanol–water partition coefficient (Wildman–Crippen LogP) is 1.36. The zero-order chi connectivity index (χ0) is 22.8. The Morgan fingerprint density at radius 1 is 1.45 bits per heavy atom. The summed E-state index contributed by atoms with van der Waals surface area (Å²) < 4.78 is 12.8. The number of carbonyl (C=O) groups is 2. The maximum atomic E-state index is 12.2. The molecule has 0 aliphatic carbocycles. The molecule has 2 aromatic heterocycles. The molecule has 1 aliphatic rings. The molecule has 3 N–H and O–H groups in total. The van der Waals surface area contributed by atoms with Crippen LogP contribution in [0.5, 0.6) is 0 Å². The molecule has 0 unspecified atom stereocenters. The first-order valence-corrected chi connectivity index (χ1v) is 10.3. The smallest absolute Gasteiger partial charge is 0.306 e. The highest BCUT2D eigenvalue weighted by molar-refractivity contribution is 5.78. The van der Waals surface area contributed by atoms with Crippen LogP contribution in [-0.4, -0.2) is 50.3 Å². The lowest BCUT2D eigenvalue weighted by Gasteiger charge is -2.25. The van der Waals surface area contributed by atoms with Crippen LogP contribution in [0, 0.1) is 23.2 Å². The average molecular weight is 429 g/mol. The molecule has 1 saturated heterocycles. The monoisotopic (exact) mass is 429 g/mol. The minimum absolute atomic E-state index is 0.00603. The Morgan fingerprint density at radius 3 is 2.84 bits per heavy atom. The van der Waals surface area contributed by atoms with Gasteiger partial charge in [-0.2, -0.15) is 10.4 Å². The summed E-state index contributed by atoms with van der Waals surface area (Å²) in [5, 5.41) is 25.4. The number of hydrogen-bond donors (Lipinski definition) is 2. The van der Waals surface area contributed by atoms with E-state index in [-0.39, 0.29) is 49.1 Å². The van der Waals surface area contributed by atoms with E-state index >= 15 is 0 Å². The quantitative estimate of drug-likeness (QED) is 0.592. The van der Waals surface area contributed by atoms with Crippen LogP contribution in [0.2, 0.25) is 0 Å². The van der Waals surface area contributed by atoms with E-state index < -0.39 is 29.7 Å². The van der Waals surface area contributed by atoms with Crippen molar-refractivity contribution in [2.24, 2.45) is 11.8 Å². The number of aromatic nitrogens is 3. The van der Waals surface area contributed by atoms with Crippen LogP contribution in [0.4, 0.5) is 5.82 Å². The maximum Gasteiger partial charge on any atom is 0.306 e. The highest BCUT2D eigenvalue weighted by Crippen LogP contribution is 2.44. The minimum atomic E-state index is -1.82. The Bertz CT molecular complexity index is 1010. The first-order chi connectivity index (χ1) is 14.7. The number of aliphatic hydroxyl groups is 1. The van der Waals surface area contributed by atoms with Gasteiger partial charge in [-0.25, -0.2) is 9.50 Å². The van der Waals surface area contributed by atoms with Crippen molar-refractivity contribution in [3.8, 4) is 6.07 Å². The molecule has 1 fully saturated rings. The molecular formula is C21H27N5O5. The van der Waals surface area contributed by atoms with E-state index in [9.17, 15) is 20.0 Å². The van der Waals surface area contributed by atoms with Crippen LogP contribution in [-0.2, 0) is 24.7 Å². The lowest BCUT2D eigenvalue weighted by atomic mass is 9.84. The van der Waals surface area contributed by atoms with E-state index in [0.29, 0.717) is 5.52 Å². The summed E-state index contributed by atoms with van der Waals surface area (Å²) in [6.45, 7) is 5.34. The van der Waals surface area contributed by atoms with Gasteiger partial charge in [-0.1, -0.05) is 20.8 Å². The number of anilines is 1. The fourth-order valence-electron chi connectivity index (χ4n) is 3.87. The van der Waals surface area contributed by atoms with E-state index in [2.05, 4.69) is 16.2 Å². The Hall–Kier alpha value is -3.03. The van der Waals surface area contributed by atoms with Crippen LogP contribution in [0.3, 0.4) is 0 Å². The molecular weight excluding hydrogens is 402 g/mol. The molecule has 0 radical (unpaired) electrons. The molecule has 2 aromatic rings. The molecule has 0 bridgehead atoms. The largest absolute Gasteiger partial charge is 0.463 e. The number of aliphatic hydroxyl groups excluding tert-OH is 1. The molecule has 0 spiro atoms. The first kappa shape index (κ1) is 22.7. The molecule has 166 valence electrons. The topological polar surface area (TPSA) is 153 Å². The Kier molecular flexibility index (Phi) is 6.57. The summed E-state index contributed by atoms with van der Waals surface area (Å²) in [7, 11) is 0. The third-order valence-electron chi connectivity index (χ3n) is 5.51. The second kappa shape index (κ2) is 8.99. The number of carbonyl (C=O) groups excluding carboxylic acids is 2. The van der Waals surface area contributed by atoms with Gasteiger partial charge in [0.25, 0.3) is 0 Å². The second-order valence-corrected chi connectivity index (χ2v) is 8.15. The number of esters is 1. The van der Waals surface area contributed by atoms with Crippen LogP contribution in [0.25, 0.3) is 5.52 Å². The van der Waals surface area contributed by atoms with Crippen molar-refractivity contribution in [2.45, 2.75) is 57.8 Å². The number of ketones is 1. The van der Waals surface area contributed by atoms with E-state index in [1.54, 1.807) is 19.1 Å². The second-order valence-electron chi connectivity index (χ2n) is 8.15. The van der Waals surface area contributed by atoms with Crippen molar-refractivity contribution in [1.82, 2.24) is 14.6 Å². The molecule has 4 atom stereocenters. The van der Waals surface area contributed by atoms with Gasteiger partial charge in [0.2, 0.25) is 5.60 Å². The number of ether oxygens (including phenoxy) is 2. The van der Waals surface area contributed by atoms with Gasteiger partial charge in [-0.05, 0) is 18.1 Å². The van der Waals surface area contributed by atoms with Crippen LogP contribution in [0.15, 0.2) is 18.5 Å². The summed E-state index contributed by atoms with van der Waals surface area (Å²) >= 11 is 0. The summed E-state index contributed by atoms with van der Waals surface area (Å²) in [4.78, 5) is 28.2. The highest BCUT2D eigenvalue weighted by Gasteiger charge is 2.58. The van der Waals surface area contributed by atoms with Crippen LogP contribution < -0.4 is 5.73 Å². The predicted molar refractivity (Wildman–Crippen MR) is 109 cm³/mol. The summed E-state index contributed by atoms with van der Waals surface area (Å²) in [5.41, 5.74) is 4.78. The van der Waals surface area contributed by atoms with Crippen molar-refractivity contribution in [2.75, 3.05) is 12.3 Å².